The van der Waals surface area contributed by atoms with Gasteiger partial charge in [0.05, 0.1) is 11.5 Å². The number of hydrogen-bond acceptors (Lipinski definition) is 3. The first-order valence-electron chi connectivity index (χ1n) is 7.29. The molecule has 2 rings (SSSR count). The SMILES string of the molecule is CCCC1CC1NS(=O)(=O)c1ccc(C#CCCO)cc1. The molecule has 0 amide bonds. The number of sulfonamides is 1. The second kappa shape index (κ2) is 7.08. The van der Waals surface area contributed by atoms with Gasteiger partial charge in [-0.05, 0) is 43.0 Å². The minimum atomic E-state index is -3.43. The van der Waals surface area contributed by atoms with E-state index >= 15 is 0 Å². The predicted molar refractivity (Wildman–Crippen MR) is 82.1 cm³/mol. The summed E-state index contributed by atoms with van der Waals surface area (Å²) in [5.41, 5.74) is 0.748. The van der Waals surface area contributed by atoms with Gasteiger partial charge in [0.15, 0.2) is 0 Å². The molecule has 4 nitrogen and oxygen atoms in total. The Labute approximate surface area is 126 Å². The minimum Gasteiger partial charge on any atom is -0.395 e. The smallest absolute Gasteiger partial charge is 0.240 e. The van der Waals surface area contributed by atoms with Gasteiger partial charge >= 0.3 is 0 Å². The molecule has 5 heteroatoms. The van der Waals surface area contributed by atoms with E-state index in [2.05, 4.69) is 23.5 Å². The zero-order valence-corrected chi connectivity index (χ0v) is 13.0. The molecular weight excluding hydrogens is 286 g/mol. The van der Waals surface area contributed by atoms with Gasteiger partial charge in [-0.3, -0.25) is 0 Å². The molecule has 21 heavy (non-hydrogen) atoms. The van der Waals surface area contributed by atoms with Gasteiger partial charge in [0.1, 0.15) is 0 Å². The fraction of sp³-hybridized carbons (Fsp3) is 0.500. The lowest BCUT2D eigenvalue weighted by molar-refractivity contribution is 0.305. The van der Waals surface area contributed by atoms with Gasteiger partial charge in [0.25, 0.3) is 0 Å². The molecule has 1 fully saturated rings. The number of rotatable bonds is 6. The van der Waals surface area contributed by atoms with Gasteiger partial charge in [-0.15, -0.1) is 0 Å². The fourth-order valence-electron chi connectivity index (χ4n) is 2.29. The Balaban J connectivity index is 1.99. The molecule has 0 saturated heterocycles. The van der Waals surface area contributed by atoms with E-state index in [-0.39, 0.29) is 17.5 Å². The molecule has 0 aromatic heterocycles. The molecule has 2 N–H and O–H groups in total. The van der Waals surface area contributed by atoms with Crippen LogP contribution in [0.1, 0.15) is 38.2 Å². The van der Waals surface area contributed by atoms with E-state index < -0.39 is 10.0 Å². The molecule has 0 spiro atoms. The highest BCUT2D eigenvalue weighted by Gasteiger charge is 2.39. The summed E-state index contributed by atoms with van der Waals surface area (Å²) < 4.78 is 27.2. The van der Waals surface area contributed by atoms with Crippen LogP contribution in [0.15, 0.2) is 29.2 Å². The van der Waals surface area contributed by atoms with Crippen LogP contribution in [-0.2, 0) is 10.0 Å². The second-order valence-corrected chi connectivity index (χ2v) is 7.03. The minimum absolute atomic E-state index is 0.0314. The highest BCUT2D eigenvalue weighted by atomic mass is 32.2. The van der Waals surface area contributed by atoms with Crippen LogP contribution in [-0.4, -0.2) is 26.2 Å². The maximum atomic E-state index is 12.2. The van der Waals surface area contributed by atoms with Crippen molar-refractivity contribution in [1.29, 1.82) is 0 Å². The van der Waals surface area contributed by atoms with E-state index in [9.17, 15) is 8.42 Å². The van der Waals surface area contributed by atoms with Crippen molar-refractivity contribution in [2.45, 2.75) is 43.5 Å². The molecule has 0 heterocycles. The summed E-state index contributed by atoms with van der Waals surface area (Å²) >= 11 is 0. The molecular formula is C16H21NO3S. The van der Waals surface area contributed by atoms with Crippen LogP contribution in [0.2, 0.25) is 0 Å². The molecule has 2 atom stereocenters. The first kappa shape index (κ1) is 16.0. The van der Waals surface area contributed by atoms with Crippen molar-refractivity contribution >= 4 is 10.0 Å². The average molecular weight is 307 g/mol. The molecule has 1 aromatic rings. The molecule has 1 aliphatic rings. The van der Waals surface area contributed by atoms with Gasteiger partial charge in [-0.25, -0.2) is 13.1 Å². The van der Waals surface area contributed by atoms with Crippen molar-refractivity contribution in [3.8, 4) is 11.8 Å². The van der Waals surface area contributed by atoms with Crippen LogP contribution < -0.4 is 4.72 Å². The number of aliphatic hydroxyl groups is 1. The molecule has 1 aromatic carbocycles. The molecule has 0 aliphatic heterocycles. The summed E-state index contributed by atoms with van der Waals surface area (Å²) in [4.78, 5) is 0.275. The Kier molecular flexibility index (Phi) is 5.40. The zero-order valence-electron chi connectivity index (χ0n) is 12.2. The monoisotopic (exact) mass is 307 g/mol. The highest BCUT2D eigenvalue weighted by Crippen LogP contribution is 2.35. The van der Waals surface area contributed by atoms with Crippen LogP contribution in [0.3, 0.4) is 0 Å². The number of aliphatic hydroxyl groups excluding tert-OH is 1. The van der Waals surface area contributed by atoms with Crippen molar-refractivity contribution in [2.24, 2.45) is 5.92 Å². The molecule has 2 unspecified atom stereocenters. The van der Waals surface area contributed by atoms with Crippen LogP contribution >= 0.6 is 0 Å². The average Bonchev–Trinajstić information content (AvgIpc) is 3.17. The summed E-state index contributed by atoms with van der Waals surface area (Å²) in [6.07, 6.45) is 3.52. The van der Waals surface area contributed by atoms with Crippen LogP contribution in [0.5, 0.6) is 0 Å². The molecule has 1 saturated carbocycles. The highest BCUT2D eigenvalue weighted by molar-refractivity contribution is 7.89. The number of hydrogen-bond donors (Lipinski definition) is 2. The Morgan fingerprint density at radius 3 is 2.67 bits per heavy atom. The lowest BCUT2D eigenvalue weighted by Crippen LogP contribution is -2.27. The summed E-state index contributed by atoms with van der Waals surface area (Å²) in [6, 6.07) is 6.62. The third-order valence-corrected chi connectivity index (χ3v) is 5.03. The van der Waals surface area contributed by atoms with E-state index in [1.807, 2.05) is 0 Å². The zero-order chi connectivity index (χ0) is 15.3. The van der Waals surface area contributed by atoms with E-state index in [4.69, 9.17) is 5.11 Å². The van der Waals surface area contributed by atoms with Crippen molar-refractivity contribution in [1.82, 2.24) is 4.72 Å². The maximum Gasteiger partial charge on any atom is 0.240 e. The second-order valence-electron chi connectivity index (χ2n) is 5.31. The molecule has 0 radical (unpaired) electrons. The Hall–Kier alpha value is -1.35. The fourth-order valence-corrected chi connectivity index (χ4v) is 3.60. The van der Waals surface area contributed by atoms with E-state index in [1.165, 1.54) is 0 Å². The number of benzene rings is 1. The predicted octanol–water partition coefficient (Wildman–Crippen LogP) is 1.89. The van der Waals surface area contributed by atoms with Gasteiger partial charge in [-0.1, -0.05) is 25.2 Å². The largest absolute Gasteiger partial charge is 0.395 e. The lowest BCUT2D eigenvalue weighted by Gasteiger charge is -2.06. The van der Waals surface area contributed by atoms with Crippen LogP contribution in [0, 0.1) is 17.8 Å². The van der Waals surface area contributed by atoms with Gasteiger partial charge in [0.2, 0.25) is 10.0 Å². The molecule has 114 valence electrons. The summed E-state index contributed by atoms with van der Waals surface area (Å²) in [5, 5.41) is 8.65. The van der Waals surface area contributed by atoms with Crippen molar-refractivity contribution in [2.75, 3.05) is 6.61 Å². The Morgan fingerprint density at radius 2 is 2.05 bits per heavy atom. The summed E-state index contributed by atoms with van der Waals surface area (Å²) in [5.74, 6) is 6.18. The van der Waals surface area contributed by atoms with Crippen LogP contribution in [0.4, 0.5) is 0 Å². The first-order chi connectivity index (χ1) is 10.1. The third-order valence-electron chi connectivity index (χ3n) is 3.52. The van der Waals surface area contributed by atoms with E-state index in [0.717, 1.165) is 24.8 Å². The molecule has 1 aliphatic carbocycles. The van der Waals surface area contributed by atoms with E-state index in [1.54, 1.807) is 24.3 Å². The van der Waals surface area contributed by atoms with Gasteiger partial charge in [-0.2, -0.15) is 0 Å². The number of nitrogens with one attached hydrogen (secondary N) is 1. The Morgan fingerprint density at radius 1 is 1.33 bits per heavy atom. The van der Waals surface area contributed by atoms with Crippen molar-refractivity contribution in [3.63, 3.8) is 0 Å². The first-order valence-corrected chi connectivity index (χ1v) is 8.77. The van der Waals surface area contributed by atoms with Crippen molar-refractivity contribution in [3.05, 3.63) is 29.8 Å². The topological polar surface area (TPSA) is 66.4 Å². The quantitative estimate of drug-likeness (QED) is 0.789. The lowest BCUT2D eigenvalue weighted by atomic mass is 10.2. The Bertz CT molecular complexity index is 626. The summed E-state index contributed by atoms with van der Waals surface area (Å²) in [7, 11) is -3.43. The standard InChI is InChI=1S/C16H21NO3S/c1-2-5-14-12-16(14)17-21(19,20)15-9-7-13(8-10-15)6-3-4-11-18/h7-10,14,16-18H,2,4-5,11-12H2,1H3. The van der Waals surface area contributed by atoms with Crippen molar-refractivity contribution < 1.29 is 13.5 Å². The maximum absolute atomic E-state index is 12.2. The summed E-state index contributed by atoms with van der Waals surface area (Å²) in [6.45, 7) is 2.14. The van der Waals surface area contributed by atoms with Gasteiger partial charge in [0, 0.05) is 18.0 Å². The van der Waals surface area contributed by atoms with Gasteiger partial charge < -0.3 is 5.11 Å². The molecule has 0 bridgehead atoms. The van der Waals surface area contributed by atoms with E-state index in [0.29, 0.717) is 12.3 Å². The van der Waals surface area contributed by atoms with Crippen LogP contribution in [0.25, 0.3) is 0 Å². The third kappa shape index (κ3) is 4.57. The normalized spacial score (nSPS) is 20.7.